The second-order valence-corrected chi connectivity index (χ2v) is 7.72. The largest absolute Gasteiger partial charge is 0.484 e. The van der Waals surface area contributed by atoms with Gasteiger partial charge in [0.2, 0.25) is 5.91 Å². The molecule has 29 heavy (non-hydrogen) atoms. The van der Waals surface area contributed by atoms with Crippen molar-refractivity contribution < 1.29 is 14.3 Å². The molecule has 2 aromatic rings. The van der Waals surface area contributed by atoms with E-state index in [2.05, 4.69) is 10.6 Å². The predicted molar refractivity (Wildman–Crippen MR) is 115 cm³/mol. The van der Waals surface area contributed by atoms with Crippen LogP contribution in [-0.4, -0.2) is 25.0 Å². The van der Waals surface area contributed by atoms with E-state index in [4.69, 9.17) is 10.5 Å². The van der Waals surface area contributed by atoms with Gasteiger partial charge >= 0.3 is 0 Å². The monoisotopic (exact) mass is 395 g/mol. The van der Waals surface area contributed by atoms with Crippen molar-refractivity contribution in [3.05, 3.63) is 54.6 Å². The van der Waals surface area contributed by atoms with Gasteiger partial charge in [-0.25, -0.2) is 0 Å². The van der Waals surface area contributed by atoms with Gasteiger partial charge in [-0.3, -0.25) is 9.59 Å². The Kier molecular flexibility index (Phi) is 7.25. The van der Waals surface area contributed by atoms with Gasteiger partial charge in [0.05, 0.1) is 0 Å². The molecule has 0 aliphatic heterocycles. The highest BCUT2D eigenvalue weighted by atomic mass is 16.5. The number of rotatable bonds is 8. The normalized spacial score (nSPS) is 15.3. The second kappa shape index (κ2) is 10.1. The molecule has 0 atom stereocenters. The van der Waals surface area contributed by atoms with Gasteiger partial charge in [-0.1, -0.05) is 43.5 Å². The minimum Gasteiger partial charge on any atom is -0.484 e. The van der Waals surface area contributed by atoms with Crippen LogP contribution in [0.3, 0.4) is 0 Å². The van der Waals surface area contributed by atoms with Gasteiger partial charge in [0.15, 0.2) is 6.61 Å². The highest BCUT2D eigenvalue weighted by molar-refractivity contribution is 5.92. The summed E-state index contributed by atoms with van der Waals surface area (Å²) in [5.41, 5.74) is 7.28. The molecular formula is C23H29N3O3. The van der Waals surface area contributed by atoms with Gasteiger partial charge < -0.3 is 21.1 Å². The maximum Gasteiger partial charge on any atom is 0.262 e. The topological polar surface area (TPSA) is 93.5 Å². The van der Waals surface area contributed by atoms with Crippen LogP contribution in [0.4, 0.5) is 11.4 Å². The number of nitrogens with one attached hydrogen (secondary N) is 2. The fraction of sp³-hybridized carbons (Fsp3) is 0.391. The summed E-state index contributed by atoms with van der Waals surface area (Å²) in [6.07, 6.45) is 5.96. The molecule has 3 rings (SSSR count). The molecule has 0 saturated heterocycles. The lowest BCUT2D eigenvalue weighted by molar-refractivity contribution is -0.119. The summed E-state index contributed by atoms with van der Waals surface area (Å²) in [5.74, 6) is 0.251. The van der Waals surface area contributed by atoms with Crippen molar-refractivity contribution in [2.45, 2.75) is 38.5 Å². The van der Waals surface area contributed by atoms with E-state index in [0.717, 1.165) is 31.4 Å². The third-order valence-electron chi connectivity index (χ3n) is 5.43. The van der Waals surface area contributed by atoms with Gasteiger partial charge in [0, 0.05) is 23.9 Å². The van der Waals surface area contributed by atoms with Gasteiger partial charge in [0.25, 0.3) is 5.91 Å². The van der Waals surface area contributed by atoms with Crippen LogP contribution >= 0.6 is 0 Å². The smallest absolute Gasteiger partial charge is 0.262 e. The first-order chi connectivity index (χ1) is 14.1. The minimum absolute atomic E-state index is 0.0312. The summed E-state index contributed by atoms with van der Waals surface area (Å²) in [5, 5.41) is 5.71. The highest BCUT2D eigenvalue weighted by Gasteiger charge is 2.32. The van der Waals surface area contributed by atoms with Crippen molar-refractivity contribution in [1.82, 2.24) is 0 Å². The number of nitrogens with two attached hydrogens (primary N) is 1. The third-order valence-corrected chi connectivity index (χ3v) is 5.43. The molecule has 0 bridgehead atoms. The van der Waals surface area contributed by atoms with E-state index >= 15 is 0 Å². The molecule has 1 aliphatic carbocycles. The van der Waals surface area contributed by atoms with Gasteiger partial charge in [-0.2, -0.15) is 0 Å². The number of anilines is 2. The molecule has 6 heteroatoms. The van der Waals surface area contributed by atoms with Gasteiger partial charge in [-0.05, 0) is 49.1 Å². The number of hydrogen-bond donors (Lipinski definition) is 3. The fourth-order valence-electron chi connectivity index (χ4n) is 3.83. The van der Waals surface area contributed by atoms with Crippen LogP contribution in [-0.2, 0) is 9.59 Å². The predicted octanol–water partition coefficient (Wildman–Crippen LogP) is 3.94. The molecule has 1 aliphatic rings. The SMILES string of the molecule is NCC1(CC(=O)Nc2cccc(OCC(=O)Nc3ccccc3)c2)CCCCC1. The Morgan fingerprint density at radius 3 is 2.31 bits per heavy atom. The van der Waals surface area contributed by atoms with Crippen LogP contribution in [0.15, 0.2) is 54.6 Å². The Labute approximate surface area is 171 Å². The summed E-state index contributed by atoms with van der Waals surface area (Å²) in [6.45, 7) is 0.433. The van der Waals surface area contributed by atoms with Crippen LogP contribution in [0.1, 0.15) is 38.5 Å². The number of carbonyl (C=O) groups excluding carboxylic acids is 2. The summed E-state index contributed by atoms with van der Waals surface area (Å²) in [6, 6.07) is 16.3. The van der Waals surface area contributed by atoms with Crippen molar-refractivity contribution in [3.8, 4) is 5.75 Å². The lowest BCUT2D eigenvalue weighted by atomic mass is 9.71. The zero-order chi connectivity index (χ0) is 20.5. The fourth-order valence-corrected chi connectivity index (χ4v) is 3.83. The van der Waals surface area contributed by atoms with Crippen molar-refractivity contribution in [1.29, 1.82) is 0 Å². The van der Waals surface area contributed by atoms with E-state index in [1.807, 2.05) is 36.4 Å². The number of para-hydroxylation sites is 1. The summed E-state index contributed by atoms with van der Waals surface area (Å²) < 4.78 is 5.57. The molecule has 1 saturated carbocycles. The zero-order valence-corrected chi connectivity index (χ0v) is 16.7. The standard InChI is InChI=1S/C23H29N3O3/c24-17-23(12-5-2-6-13-23)15-21(27)26-19-10-7-11-20(14-19)29-16-22(28)25-18-8-3-1-4-9-18/h1,3-4,7-11,14H,2,5-6,12-13,15-17,24H2,(H,25,28)(H,26,27). The molecular weight excluding hydrogens is 366 g/mol. The van der Waals surface area contributed by atoms with Crippen LogP contribution < -0.4 is 21.1 Å². The van der Waals surface area contributed by atoms with Crippen molar-refractivity contribution >= 4 is 23.2 Å². The van der Waals surface area contributed by atoms with Crippen LogP contribution in [0.2, 0.25) is 0 Å². The molecule has 2 aromatic carbocycles. The summed E-state index contributed by atoms with van der Waals surface area (Å²) >= 11 is 0. The first-order valence-electron chi connectivity index (χ1n) is 10.2. The second-order valence-electron chi connectivity index (χ2n) is 7.72. The van der Waals surface area contributed by atoms with Gasteiger partial charge in [-0.15, -0.1) is 0 Å². The summed E-state index contributed by atoms with van der Waals surface area (Å²) in [7, 11) is 0. The van der Waals surface area contributed by atoms with E-state index in [1.165, 1.54) is 6.42 Å². The first-order valence-corrected chi connectivity index (χ1v) is 10.2. The van der Waals surface area contributed by atoms with Gasteiger partial charge in [0.1, 0.15) is 5.75 Å². The van der Waals surface area contributed by atoms with E-state index in [-0.39, 0.29) is 23.8 Å². The van der Waals surface area contributed by atoms with E-state index in [1.54, 1.807) is 18.2 Å². The molecule has 6 nitrogen and oxygen atoms in total. The minimum atomic E-state index is -0.243. The highest BCUT2D eigenvalue weighted by Crippen LogP contribution is 2.38. The maximum atomic E-state index is 12.6. The maximum absolute atomic E-state index is 12.6. The number of carbonyl (C=O) groups is 2. The number of hydrogen-bond acceptors (Lipinski definition) is 4. The van der Waals surface area contributed by atoms with Crippen molar-refractivity contribution in [3.63, 3.8) is 0 Å². The van der Waals surface area contributed by atoms with Crippen LogP contribution in [0.5, 0.6) is 5.75 Å². The van der Waals surface area contributed by atoms with Crippen LogP contribution in [0, 0.1) is 5.41 Å². The molecule has 4 N–H and O–H groups in total. The lowest BCUT2D eigenvalue weighted by Crippen LogP contribution is -2.36. The van der Waals surface area contributed by atoms with Crippen LogP contribution in [0.25, 0.3) is 0 Å². The molecule has 0 aromatic heterocycles. The third kappa shape index (κ3) is 6.32. The Balaban J connectivity index is 1.51. The molecule has 0 radical (unpaired) electrons. The summed E-state index contributed by atoms with van der Waals surface area (Å²) in [4.78, 5) is 24.6. The molecule has 0 heterocycles. The van der Waals surface area contributed by atoms with E-state index in [0.29, 0.717) is 24.4 Å². The zero-order valence-electron chi connectivity index (χ0n) is 16.7. The molecule has 0 spiro atoms. The molecule has 1 fully saturated rings. The first kappa shape index (κ1) is 20.9. The molecule has 154 valence electrons. The number of amides is 2. The lowest BCUT2D eigenvalue weighted by Gasteiger charge is -2.35. The Hall–Kier alpha value is -2.86. The number of ether oxygens (including phenoxy) is 1. The Morgan fingerprint density at radius 1 is 0.897 bits per heavy atom. The van der Waals surface area contributed by atoms with Crippen molar-refractivity contribution in [2.75, 3.05) is 23.8 Å². The Bertz CT molecular complexity index is 817. The number of benzene rings is 2. The van der Waals surface area contributed by atoms with E-state index < -0.39 is 0 Å². The molecule has 0 unspecified atom stereocenters. The average molecular weight is 396 g/mol. The Morgan fingerprint density at radius 2 is 1.59 bits per heavy atom. The van der Waals surface area contributed by atoms with E-state index in [9.17, 15) is 9.59 Å². The van der Waals surface area contributed by atoms with Crippen molar-refractivity contribution in [2.24, 2.45) is 11.1 Å². The quantitative estimate of drug-likeness (QED) is 0.631. The molecule has 2 amide bonds. The average Bonchev–Trinajstić information content (AvgIpc) is 2.74.